The maximum absolute atomic E-state index is 11.6. The van der Waals surface area contributed by atoms with Gasteiger partial charge in [0, 0.05) is 25.1 Å². The second-order valence-corrected chi connectivity index (χ2v) is 6.74. The van der Waals surface area contributed by atoms with Crippen LogP contribution in [0.25, 0.3) is 0 Å². The predicted molar refractivity (Wildman–Crippen MR) is 86.1 cm³/mol. The minimum absolute atomic E-state index is 0.00203. The number of carbonyl (C=O) groups excluding carboxylic acids is 2. The van der Waals surface area contributed by atoms with Gasteiger partial charge in [0.25, 0.3) is 0 Å². The van der Waals surface area contributed by atoms with Crippen LogP contribution in [0.2, 0.25) is 0 Å². The summed E-state index contributed by atoms with van der Waals surface area (Å²) >= 11 is 0. The van der Waals surface area contributed by atoms with Crippen LogP contribution in [0.3, 0.4) is 0 Å². The predicted octanol–water partition coefficient (Wildman–Crippen LogP) is 3.04. The Morgan fingerprint density at radius 2 is 1.71 bits per heavy atom. The van der Waals surface area contributed by atoms with Crippen molar-refractivity contribution in [2.45, 2.75) is 53.6 Å². The third-order valence-electron chi connectivity index (χ3n) is 2.82. The first-order valence-corrected chi connectivity index (χ1v) is 7.29. The van der Waals surface area contributed by atoms with E-state index in [2.05, 4.69) is 39.2 Å². The molecule has 4 nitrogen and oxygen atoms in total. The highest BCUT2D eigenvalue weighted by molar-refractivity contribution is 5.94. The van der Waals surface area contributed by atoms with Crippen molar-refractivity contribution >= 4 is 11.8 Å². The van der Waals surface area contributed by atoms with Gasteiger partial charge in [-0.2, -0.15) is 0 Å². The molecule has 0 saturated heterocycles. The van der Waals surface area contributed by atoms with Gasteiger partial charge in [-0.05, 0) is 31.3 Å². The standard InChI is InChI=1S/C17H29NO3/c1-12(2)15(19)9-8-14(21-16(20)13(3)4)10-18-11-17(5,6)7/h14,18H,1,3,8-11H2,2,4-7H3. The highest BCUT2D eigenvalue weighted by Crippen LogP contribution is 2.12. The quantitative estimate of drug-likeness (QED) is 0.525. The van der Waals surface area contributed by atoms with Gasteiger partial charge < -0.3 is 10.1 Å². The fraction of sp³-hybridized carbons (Fsp3) is 0.647. The van der Waals surface area contributed by atoms with Crippen LogP contribution in [0.4, 0.5) is 0 Å². The zero-order chi connectivity index (χ0) is 16.6. The van der Waals surface area contributed by atoms with Gasteiger partial charge in [0.15, 0.2) is 5.78 Å². The molecule has 0 fully saturated rings. The maximum Gasteiger partial charge on any atom is 0.333 e. The number of hydrogen-bond donors (Lipinski definition) is 1. The molecule has 0 radical (unpaired) electrons. The van der Waals surface area contributed by atoms with Gasteiger partial charge >= 0.3 is 5.97 Å². The van der Waals surface area contributed by atoms with Crippen LogP contribution in [-0.4, -0.2) is 30.9 Å². The van der Waals surface area contributed by atoms with Crippen LogP contribution in [0.1, 0.15) is 47.5 Å². The van der Waals surface area contributed by atoms with Crippen LogP contribution < -0.4 is 5.32 Å². The molecule has 0 bridgehead atoms. The summed E-state index contributed by atoms with van der Waals surface area (Å²) in [4.78, 5) is 23.3. The van der Waals surface area contributed by atoms with Gasteiger partial charge in [-0.3, -0.25) is 4.79 Å². The van der Waals surface area contributed by atoms with E-state index in [1.165, 1.54) is 0 Å². The first-order chi connectivity index (χ1) is 9.53. The van der Waals surface area contributed by atoms with E-state index in [0.717, 1.165) is 6.54 Å². The van der Waals surface area contributed by atoms with Gasteiger partial charge in [0.2, 0.25) is 0 Å². The van der Waals surface area contributed by atoms with Crippen LogP contribution >= 0.6 is 0 Å². The Hall–Kier alpha value is -1.42. The van der Waals surface area contributed by atoms with E-state index in [-0.39, 0.29) is 17.3 Å². The lowest BCUT2D eigenvalue weighted by Crippen LogP contribution is -2.36. The van der Waals surface area contributed by atoms with E-state index in [1.807, 2.05) is 0 Å². The van der Waals surface area contributed by atoms with E-state index in [0.29, 0.717) is 30.5 Å². The Labute approximate surface area is 128 Å². The molecule has 1 atom stereocenters. The summed E-state index contributed by atoms with van der Waals surface area (Å²) in [5, 5.41) is 3.28. The molecule has 0 aromatic heterocycles. The number of hydrogen-bond acceptors (Lipinski definition) is 4. The number of nitrogens with one attached hydrogen (secondary N) is 1. The molecule has 0 aliphatic carbocycles. The van der Waals surface area contributed by atoms with Crippen molar-refractivity contribution in [3.05, 3.63) is 24.3 Å². The summed E-state index contributed by atoms with van der Waals surface area (Å²) in [6, 6.07) is 0. The van der Waals surface area contributed by atoms with Gasteiger partial charge in [0.1, 0.15) is 6.10 Å². The lowest BCUT2D eigenvalue weighted by Gasteiger charge is -2.23. The summed E-state index contributed by atoms with van der Waals surface area (Å²) in [6.45, 7) is 18.2. The minimum Gasteiger partial charge on any atom is -0.458 e. The number of rotatable bonds is 9. The molecule has 0 amide bonds. The monoisotopic (exact) mass is 295 g/mol. The van der Waals surface area contributed by atoms with Crippen molar-refractivity contribution in [1.29, 1.82) is 0 Å². The van der Waals surface area contributed by atoms with E-state index >= 15 is 0 Å². The summed E-state index contributed by atoms with van der Waals surface area (Å²) in [5.41, 5.74) is 1.04. The van der Waals surface area contributed by atoms with Crippen LogP contribution in [-0.2, 0) is 14.3 Å². The molecule has 0 spiro atoms. The summed E-state index contributed by atoms with van der Waals surface area (Å²) in [6.07, 6.45) is 0.488. The number of ketones is 1. The lowest BCUT2D eigenvalue weighted by molar-refractivity contribution is -0.144. The van der Waals surface area contributed by atoms with Crippen molar-refractivity contribution in [2.24, 2.45) is 5.41 Å². The molecule has 1 unspecified atom stereocenters. The Morgan fingerprint density at radius 1 is 1.14 bits per heavy atom. The van der Waals surface area contributed by atoms with E-state index in [9.17, 15) is 9.59 Å². The first-order valence-electron chi connectivity index (χ1n) is 7.29. The van der Waals surface area contributed by atoms with Gasteiger partial charge in [-0.15, -0.1) is 0 Å². The van der Waals surface area contributed by atoms with Gasteiger partial charge in [0.05, 0.1) is 0 Å². The molecule has 21 heavy (non-hydrogen) atoms. The van der Waals surface area contributed by atoms with Crippen molar-refractivity contribution in [1.82, 2.24) is 5.32 Å². The molecule has 0 rings (SSSR count). The number of carbonyl (C=O) groups is 2. The van der Waals surface area contributed by atoms with Crippen LogP contribution in [0.15, 0.2) is 24.3 Å². The van der Waals surface area contributed by atoms with Crippen molar-refractivity contribution in [3.63, 3.8) is 0 Å². The number of ether oxygens (including phenoxy) is 1. The second kappa shape index (κ2) is 8.78. The lowest BCUT2D eigenvalue weighted by atomic mass is 9.97. The molecule has 0 aliphatic heterocycles. The Morgan fingerprint density at radius 3 is 2.14 bits per heavy atom. The second-order valence-electron chi connectivity index (χ2n) is 6.74. The third-order valence-corrected chi connectivity index (χ3v) is 2.82. The Bertz CT molecular complexity index is 405. The average molecular weight is 295 g/mol. The van der Waals surface area contributed by atoms with Crippen molar-refractivity contribution in [2.75, 3.05) is 13.1 Å². The molecule has 0 aromatic carbocycles. The molecular weight excluding hydrogens is 266 g/mol. The average Bonchev–Trinajstić information content (AvgIpc) is 2.33. The van der Waals surface area contributed by atoms with Crippen molar-refractivity contribution < 1.29 is 14.3 Å². The molecule has 120 valence electrons. The zero-order valence-electron chi connectivity index (χ0n) is 14.0. The van der Waals surface area contributed by atoms with Crippen LogP contribution in [0.5, 0.6) is 0 Å². The van der Waals surface area contributed by atoms with Gasteiger partial charge in [-0.1, -0.05) is 33.9 Å². The summed E-state index contributed by atoms with van der Waals surface area (Å²) in [5.74, 6) is -0.414. The minimum atomic E-state index is -0.416. The Balaban J connectivity index is 4.47. The van der Waals surface area contributed by atoms with E-state index in [4.69, 9.17) is 4.74 Å². The first kappa shape index (κ1) is 19.6. The number of esters is 1. The Kier molecular flexibility index (Phi) is 8.18. The normalized spacial score (nSPS) is 12.6. The topological polar surface area (TPSA) is 55.4 Å². The number of allylic oxidation sites excluding steroid dienone is 1. The smallest absolute Gasteiger partial charge is 0.333 e. The molecule has 0 saturated carbocycles. The molecule has 1 N–H and O–H groups in total. The van der Waals surface area contributed by atoms with Gasteiger partial charge in [-0.25, -0.2) is 4.79 Å². The summed E-state index contributed by atoms with van der Waals surface area (Å²) in [7, 11) is 0. The maximum atomic E-state index is 11.6. The molecule has 4 heteroatoms. The molecule has 0 aromatic rings. The zero-order valence-corrected chi connectivity index (χ0v) is 14.0. The number of Topliss-reactive ketones (excluding diaryl/α,β-unsaturated/α-hetero) is 1. The van der Waals surface area contributed by atoms with Crippen LogP contribution in [0, 0.1) is 5.41 Å². The highest BCUT2D eigenvalue weighted by Gasteiger charge is 2.18. The molecule has 0 aliphatic rings. The third kappa shape index (κ3) is 10.0. The largest absolute Gasteiger partial charge is 0.458 e. The van der Waals surface area contributed by atoms with E-state index in [1.54, 1.807) is 13.8 Å². The fourth-order valence-electron chi connectivity index (χ4n) is 1.57. The van der Waals surface area contributed by atoms with E-state index < -0.39 is 5.97 Å². The highest BCUT2D eigenvalue weighted by atomic mass is 16.5. The summed E-state index contributed by atoms with van der Waals surface area (Å²) < 4.78 is 5.37. The fourth-order valence-corrected chi connectivity index (χ4v) is 1.57. The molecule has 0 heterocycles. The SMILES string of the molecule is C=C(C)C(=O)CCC(CNCC(C)(C)C)OC(=O)C(=C)C. The molecular formula is C17H29NO3. The van der Waals surface area contributed by atoms with Crippen molar-refractivity contribution in [3.8, 4) is 0 Å².